The van der Waals surface area contributed by atoms with Gasteiger partial charge in [0, 0.05) is 41.4 Å². The quantitative estimate of drug-likeness (QED) is 0.392. The van der Waals surface area contributed by atoms with Crippen LogP contribution in [0.1, 0.15) is 29.0 Å². The molecule has 7 heteroatoms. The van der Waals surface area contributed by atoms with Crippen molar-refractivity contribution >= 4 is 29.1 Å². The molecule has 0 radical (unpaired) electrons. The number of pyridine rings is 2. The fourth-order valence-electron chi connectivity index (χ4n) is 3.06. The van der Waals surface area contributed by atoms with Crippen LogP contribution in [0.15, 0.2) is 67.3 Å². The van der Waals surface area contributed by atoms with Crippen LogP contribution in [0, 0.1) is 0 Å². The van der Waals surface area contributed by atoms with Crippen LogP contribution in [0.2, 0.25) is 10.0 Å². The van der Waals surface area contributed by atoms with E-state index in [9.17, 15) is 4.79 Å². The number of halogens is 2. The van der Waals surface area contributed by atoms with Crippen LogP contribution >= 0.6 is 23.2 Å². The molecule has 0 fully saturated rings. The van der Waals surface area contributed by atoms with Gasteiger partial charge in [0.2, 0.25) is 5.91 Å². The maximum atomic E-state index is 12.9. The van der Waals surface area contributed by atoms with Gasteiger partial charge in [-0.25, -0.2) is 5.43 Å². The first-order valence-corrected chi connectivity index (χ1v) is 10.1. The Morgan fingerprint density at radius 1 is 0.966 bits per heavy atom. The van der Waals surface area contributed by atoms with E-state index in [4.69, 9.17) is 23.2 Å². The second-order valence-electron chi connectivity index (χ2n) is 6.65. The summed E-state index contributed by atoms with van der Waals surface area (Å²) >= 11 is 12.4. The molecule has 0 aliphatic carbocycles. The molecule has 150 valence electrons. The molecule has 3 rings (SSSR count). The number of hydrogen-bond donors (Lipinski definition) is 2. The number of rotatable bonds is 9. The predicted octanol–water partition coefficient (Wildman–Crippen LogP) is 4.36. The van der Waals surface area contributed by atoms with E-state index in [1.807, 2.05) is 42.7 Å². The van der Waals surface area contributed by atoms with Gasteiger partial charge in [-0.2, -0.15) is 0 Å². The van der Waals surface area contributed by atoms with Gasteiger partial charge in [-0.15, -0.1) is 0 Å². The fourth-order valence-corrected chi connectivity index (χ4v) is 3.60. The number of carbonyl (C=O) groups is 1. The number of hydrogen-bond acceptors (Lipinski definition) is 4. The Hall–Kier alpha value is -2.47. The van der Waals surface area contributed by atoms with Crippen molar-refractivity contribution in [2.24, 2.45) is 0 Å². The largest absolute Gasteiger partial charge is 0.291 e. The average Bonchev–Trinajstić information content (AvgIpc) is 2.74. The minimum atomic E-state index is -0.411. The molecule has 0 aliphatic rings. The SMILES string of the molecule is O=C(NNCCc1cccnc1)C(CCc1cccnc1)c1ccc(Cl)cc1Cl. The Labute approximate surface area is 180 Å². The van der Waals surface area contributed by atoms with Crippen molar-refractivity contribution < 1.29 is 4.79 Å². The van der Waals surface area contributed by atoms with Gasteiger partial charge in [0.05, 0.1) is 5.92 Å². The van der Waals surface area contributed by atoms with Crippen LogP contribution < -0.4 is 10.9 Å². The van der Waals surface area contributed by atoms with E-state index in [2.05, 4.69) is 20.8 Å². The number of amides is 1. The average molecular weight is 429 g/mol. The molecule has 1 aromatic carbocycles. The first-order valence-electron chi connectivity index (χ1n) is 9.39. The lowest BCUT2D eigenvalue weighted by atomic mass is 9.92. The second kappa shape index (κ2) is 10.9. The summed E-state index contributed by atoms with van der Waals surface area (Å²) in [6.45, 7) is 0.598. The zero-order chi connectivity index (χ0) is 20.5. The first kappa shape index (κ1) is 21.2. The number of nitrogens with one attached hydrogen (secondary N) is 2. The minimum Gasteiger partial charge on any atom is -0.291 e. The Kier molecular flexibility index (Phi) is 7.99. The number of aromatic nitrogens is 2. The predicted molar refractivity (Wildman–Crippen MR) is 116 cm³/mol. The molecule has 5 nitrogen and oxygen atoms in total. The fraction of sp³-hybridized carbons (Fsp3) is 0.227. The molecule has 1 amide bonds. The Morgan fingerprint density at radius 3 is 2.28 bits per heavy atom. The highest BCUT2D eigenvalue weighted by Crippen LogP contribution is 2.30. The zero-order valence-corrected chi connectivity index (χ0v) is 17.3. The van der Waals surface area contributed by atoms with E-state index in [1.165, 1.54) is 0 Å². The highest BCUT2D eigenvalue weighted by molar-refractivity contribution is 6.35. The summed E-state index contributed by atoms with van der Waals surface area (Å²) in [7, 11) is 0. The van der Waals surface area contributed by atoms with E-state index in [1.54, 1.807) is 24.5 Å². The highest BCUT2D eigenvalue weighted by Gasteiger charge is 2.23. The molecule has 2 heterocycles. The van der Waals surface area contributed by atoms with Gasteiger partial charge >= 0.3 is 0 Å². The van der Waals surface area contributed by atoms with Crippen LogP contribution in [0.5, 0.6) is 0 Å². The summed E-state index contributed by atoms with van der Waals surface area (Å²) in [6, 6.07) is 13.0. The summed E-state index contributed by atoms with van der Waals surface area (Å²) < 4.78 is 0. The van der Waals surface area contributed by atoms with Gasteiger partial charge in [0.25, 0.3) is 0 Å². The maximum absolute atomic E-state index is 12.9. The van der Waals surface area contributed by atoms with Crippen molar-refractivity contribution in [2.75, 3.05) is 6.54 Å². The molecule has 1 atom stereocenters. The molecule has 0 saturated heterocycles. The summed E-state index contributed by atoms with van der Waals surface area (Å²) in [5.74, 6) is -0.546. The Bertz CT molecular complexity index is 923. The molecular formula is C22H22Cl2N4O. The van der Waals surface area contributed by atoms with Gasteiger partial charge in [0.1, 0.15) is 0 Å². The van der Waals surface area contributed by atoms with Crippen LogP contribution in [0.3, 0.4) is 0 Å². The molecule has 1 unspecified atom stereocenters. The van der Waals surface area contributed by atoms with Crippen LogP contribution in [0.25, 0.3) is 0 Å². The standard InChI is InChI=1S/C22H22Cl2N4O/c23-18-6-8-19(21(24)13-18)20(7-5-16-3-1-10-25-14-16)22(29)28-27-12-9-17-4-2-11-26-15-17/h1-4,6,8,10-11,13-15,20,27H,5,7,9,12H2,(H,28,29). The third-order valence-electron chi connectivity index (χ3n) is 4.57. The van der Waals surface area contributed by atoms with Crippen molar-refractivity contribution in [2.45, 2.75) is 25.2 Å². The number of aryl methyl sites for hydroxylation is 1. The van der Waals surface area contributed by atoms with Crippen molar-refractivity contribution in [1.82, 2.24) is 20.8 Å². The third kappa shape index (κ3) is 6.53. The van der Waals surface area contributed by atoms with Gasteiger partial charge in [-0.1, -0.05) is 41.4 Å². The second-order valence-corrected chi connectivity index (χ2v) is 7.49. The van der Waals surface area contributed by atoms with E-state index >= 15 is 0 Å². The van der Waals surface area contributed by atoms with E-state index in [0.717, 1.165) is 23.1 Å². The van der Waals surface area contributed by atoms with E-state index in [-0.39, 0.29) is 5.91 Å². The number of hydrazine groups is 1. The minimum absolute atomic E-state index is 0.135. The lowest BCUT2D eigenvalue weighted by molar-refractivity contribution is -0.123. The summed E-state index contributed by atoms with van der Waals surface area (Å²) in [4.78, 5) is 21.1. The topological polar surface area (TPSA) is 66.9 Å². The molecule has 0 aliphatic heterocycles. The van der Waals surface area contributed by atoms with Gasteiger partial charge in [-0.05, 0) is 60.2 Å². The van der Waals surface area contributed by atoms with Crippen molar-refractivity contribution in [1.29, 1.82) is 0 Å². The Morgan fingerprint density at radius 2 is 1.66 bits per heavy atom. The van der Waals surface area contributed by atoms with E-state index in [0.29, 0.717) is 29.4 Å². The monoisotopic (exact) mass is 428 g/mol. The molecular weight excluding hydrogens is 407 g/mol. The Balaban J connectivity index is 1.63. The third-order valence-corrected chi connectivity index (χ3v) is 5.13. The van der Waals surface area contributed by atoms with Gasteiger partial charge in [-0.3, -0.25) is 20.2 Å². The van der Waals surface area contributed by atoms with Crippen LogP contribution in [-0.2, 0) is 17.6 Å². The summed E-state index contributed by atoms with van der Waals surface area (Å²) in [6.07, 6.45) is 9.16. The smallest absolute Gasteiger partial charge is 0.241 e. The highest BCUT2D eigenvalue weighted by atomic mass is 35.5. The maximum Gasteiger partial charge on any atom is 0.241 e. The molecule has 29 heavy (non-hydrogen) atoms. The molecule has 3 aromatic rings. The van der Waals surface area contributed by atoms with Gasteiger partial charge < -0.3 is 0 Å². The van der Waals surface area contributed by atoms with Crippen LogP contribution in [0.4, 0.5) is 0 Å². The first-order chi connectivity index (χ1) is 14.1. The van der Waals surface area contributed by atoms with Crippen molar-refractivity contribution in [3.8, 4) is 0 Å². The van der Waals surface area contributed by atoms with Crippen molar-refractivity contribution in [3.63, 3.8) is 0 Å². The number of nitrogens with zero attached hydrogens (tertiary/aromatic N) is 2. The zero-order valence-electron chi connectivity index (χ0n) is 15.8. The number of carbonyl (C=O) groups excluding carboxylic acids is 1. The van der Waals surface area contributed by atoms with Crippen LogP contribution in [-0.4, -0.2) is 22.4 Å². The molecule has 0 spiro atoms. The lowest BCUT2D eigenvalue weighted by Gasteiger charge is -2.19. The lowest BCUT2D eigenvalue weighted by Crippen LogP contribution is -2.41. The van der Waals surface area contributed by atoms with Crippen molar-refractivity contribution in [3.05, 3.63) is 94.0 Å². The normalized spacial score (nSPS) is 11.8. The number of benzene rings is 1. The summed E-state index contributed by atoms with van der Waals surface area (Å²) in [5, 5.41) is 1.03. The molecule has 0 saturated carbocycles. The molecule has 2 N–H and O–H groups in total. The molecule has 0 bridgehead atoms. The molecule has 2 aromatic heterocycles. The summed E-state index contributed by atoms with van der Waals surface area (Å²) in [5.41, 5.74) is 8.74. The van der Waals surface area contributed by atoms with E-state index < -0.39 is 5.92 Å². The van der Waals surface area contributed by atoms with Gasteiger partial charge in [0.15, 0.2) is 0 Å².